The molecule has 2 aromatic heterocycles. The molecule has 3 aromatic rings. The first kappa shape index (κ1) is 23.3. The van der Waals surface area contributed by atoms with Gasteiger partial charge in [-0.15, -0.1) is 0 Å². The molecule has 0 bridgehead atoms. The number of nitrogens with zero attached hydrogens (tertiary/aromatic N) is 6. The topological polar surface area (TPSA) is 57.0 Å². The minimum absolute atomic E-state index is 0.163. The van der Waals surface area contributed by atoms with Gasteiger partial charge in [-0.25, -0.2) is 9.50 Å². The van der Waals surface area contributed by atoms with Crippen LogP contribution in [0.4, 0.5) is 0 Å². The first-order chi connectivity index (χ1) is 16.5. The van der Waals surface area contributed by atoms with Crippen molar-refractivity contribution in [3.05, 3.63) is 64.1 Å². The number of piperazine rings is 1. The minimum Gasteiger partial charge on any atom is -0.340 e. The van der Waals surface area contributed by atoms with E-state index >= 15 is 0 Å². The molecule has 2 aliphatic heterocycles. The molecule has 0 N–H and O–H groups in total. The second-order valence-corrected chi connectivity index (χ2v) is 10.1. The van der Waals surface area contributed by atoms with Crippen LogP contribution in [0, 0.1) is 6.92 Å². The fraction of sp³-hybridized carbons (Fsp3) is 0.500. The van der Waals surface area contributed by atoms with E-state index in [1.807, 2.05) is 23.2 Å². The van der Waals surface area contributed by atoms with Crippen LogP contribution in [0.2, 0.25) is 5.02 Å². The van der Waals surface area contributed by atoms with Crippen LogP contribution in [-0.2, 0) is 17.9 Å². The highest BCUT2D eigenvalue weighted by Gasteiger charge is 2.26. The lowest BCUT2D eigenvalue weighted by Gasteiger charge is -2.34. The number of amides is 1. The van der Waals surface area contributed by atoms with Crippen LogP contribution >= 0.6 is 11.6 Å². The van der Waals surface area contributed by atoms with E-state index in [9.17, 15) is 4.79 Å². The lowest BCUT2D eigenvalue weighted by atomic mass is 9.94. The van der Waals surface area contributed by atoms with E-state index in [0.717, 1.165) is 75.1 Å². The molecule has 0 spiro atoms. The second-order valence-electron chi connectivity index (χ2n) is 9.65. The zero-order chi connectivity index (χ0) is 23.7. The number of carbonyl (C=O) groups excluding carboxylic acids is 1. The van der Waals surface area contributed by atoms with Crippen molar-refractivity contribution in [2.75, 3.05) is 39.3 Å². The molecule has 7 nitrogen and oxygen atoms in total. The van der Waals surface area contributed by atoms with Crippen LogP contribution in [0.25, 0.3) is 5.65 Å². The average molecular weight is 481 g/mol. The largest absolute Gasteiger partial charge is 0.340 e. The summed E-state index contributed by atoms with van der Waals surface area (Å²) in [5.41, 5.74) is 5.77. The van der Waals surface area contributed by atoms with E-state index < -0.39 is 0 Å². The van der Waals surface area contributed by atoms with E-state index in [2.05, 4.69) is 39.4 Å². The molecule has 2 aliphatic rings. The molecule has 1 amide bonds. The van der Waals surface area contributed by atoms with Gasteiger partial charge in [-0.1, -0.05) is 23.7 Å². The first-order valence-electron chi connectivity index (χ1n) is 12.3. The van der Waals surface area contributed by atoms with Crippen LogP contribution in [0.1, 0.15) is 48.2 Å². The summed E-state index contributed by atoms with van der Waals surface area (Å²) >= 11 is 6.06. The number of halogens is 1. The normalized spacial score (nSPS) is 20.2. The average Bonchev–Trinajstić information content (AvgIpc) is 3.16. The molecule has 2 fully saturated rings. The van der Waals surface area contributed by atoms with Crippen LogP contribution in [0.15, 0.2) is 36.5 Å². The predicted octanol–water partition coefficient (Wildman–Crippen LogP) is 3.73. The van der Waals surface area contributed by atoms with Crippen LogP contribution < -0.4 is 0 Å². The number of fused-ring (bicyclic) bond motifs is 1. The molecule has 180 valence electrons. The Hall–Kier alpha value is -2.48. The second kappa shape index (κ2) is 10.0. The summed E-state index contributed by atoms with van der Waals surface area (Å²) in [7, 11) is 0. The van der Waals surface area contributed by atoms with Crippen LogP contribution in [-0.4, -0.2) is 74.5 Å². The van der Waals surface area contributed by atoms with Gasteiger partial charge in [-0.3, -0.25) is 14.6 Å². The molecular weight excluding hydrogens is 448 g/mol. The number of hydrogen-bond donors (Lipinski definition) is 0. The third kappa shape index (κ3) is 4.97. The Kier molecular flexibility index (Phi) is 6.86. The van der Waals surface area contributed by atoms with Crippen molar-refractivity contribution >= 4 is 23.2 Å². The van der Waals surface area contributed by atoms with Gasteiger partial charge in [0.25, 0.3) is 0 Å². The Morgan fingerprint density at radius 1 is 1.03 bits per heavy atom. The van der Waals surface area contributed by atoms with Crippen molar-refractivity contribution in [1.82, 2.24) is 29.3 Å². The van der Waals surface area contributed by atoms with Gasteiger partial charge in [-0.2, -0.15) is 5.10 Å². The number of aryl methyl sites for hydroxylation is 1. The van der Waals surface area contributed by atoms with E-state index in [4.69, 9.17) is 21.7 Å². The Morgan fingerprint density at radius 2 is 1.79 bits per heavy atom. The number of hydrogen-bond acceptors (Lipinski definition) is 5. The molecule has 8 heteroatoms. The van der Waals surface area contributed by atoms with Gasteiger partial charge < -0.3 is 4.90 Å². The summed E-state index contributed by atoms with van der Waals surface area (Å²) in [5, 5.41) is 5.73. The highest BCUT2D eigenvalue weighted by molar-refractivity contribution is 6.30. The predicted molar refractivity (Wildman–Crippen MR) is 134 cm³/mol. The van der Waals surface area contributed by atoms with Crippen molar-refractivity contribution in [2.24, 2.45) is 0 Å². The van der Waals surface area contributed by atoms with E-state index in [1.54, 1.807) is 6.92 Å². The summed E-state index contributed by atoms with van der Waals surface area (Å²) in [6, 6.07) is 10.3. The number of likely N-dealkylation sites (tertiary alicyclic amines) is 1. The summed E-state index contributed by atoms with van der Waals surface area (Å²) in [5.74, 6) is 0.591. The van der Waals surface area contributed by atoms with Crippen molar-refractivity contribution in [2.45, 2.75) is 45.7 Å². The van der Waals surface area contributed by atoms with E-state index in [1.165, 1.54) is 23.2 Å². The number of carbonyl (C=O) groups is 1. The van der Waals surface area contributed by atoms with Crippen molar-refractivity contribution in [1.29, 1.82) is 0 Å². The molecule has 0 saturated carbocycles. The zero-order valence-corrected chi connectivity index (χ0v) is 20.8. The third-order valence-corrected chi connectivity index (χ3v) is 7.54. The van der Waals surface area contributed by atoms with E-state index in [0.29, 0.717) is 5.92 Å². The van der Waals surface area contributed by atoms with E-state index in [-0.39, 0.29) is 5.91 Å². The number of aromatic nitrogens is 3. The Balaban J connectivity index is 1.32. The maximum atomic E-state index is 11.7. The highest BCUT2D eigenvalue weighted by Crippen LogP contribution is 2.29. The van der Waals surface area contributed by atoms with Crippen molar-refractivity contribution < 1.29 is 4.79 Å². The first-order valence-corrected chi connectivity index (χ1v) is 12.6. The molecule has 0 radical (unpaired) electrons. The molecular formula is C26H33ClN6O. The molecule has 5 rings (SSSR count). The number of piperidine rings is 1. The SMILES string of the molecule is CC(=O)N1CCN(Cc2c(C)nn3c(C4CCCN(Cc5ccc(Cl)cc5)C4)ccnc23)CC1. The van der Waals surface area contributed by atoms with Crippen LogP contribution in [0.5, 0.6) is 0 Å². The Morgan fingerprint density at radius 3 is 2.53 bits per heavy atom. The molecule has 1 unspecified atom stereocenters. The van der Waals surface area contributed by atoms with Gasteiger partial charge in [0.05, 0.1) is 11.4 Å². The van der Waals surface area contributed by atoms with Crippen molar-refractivity contribution in [3.63, 3.8) is 0 Å². The molecule has 1 atom stereocenters. The summed E-state index contributed by atoms with van der Waals surface area (Å²) < 4.78 is 2.09. The van der Waals surface area contributed by atoms with Gasteiger partial charge in [0.15, 0.2) is 5.65 Å². The van der Waals surface area contributed by atoms with Gasteiger partial charge in [0.2, 0.25) is 5.91 Å². The minimum atomic E-state index is 0.163. The molecule has 34 heavy (non-hydrogen) atoms. The molecule has 4 heterocycles. The molecule has 1 aromatic carbocycles. The highest BCUT2D eigenvalue weighted by atomic mass is 35.5. The zero-order valence-electron chi connectivity index (χ0n) is 20.1. The smallest absolute Gasteiger partial charge is 0.219 e. The quantitative estimate of drug-likeness (QED) is 0.557. The van der Waals surface area contributed by atoms with Gasteiger partial charge in [0.1, 0.15) is 0 Å². The summed E-state index contributed by atoms with van der Waals surface area (Å²) in [4.78, 5) is 23.3. The maximum Gasteiger partial charge on any atom is 0.219 e. The third-order valence-electron chi connectivity index (χ3n) is 7.29. The van der Waals surface area contributed by atoms with Gasteiger partial charge in [-0.05, 0) is 50.1 Å². The lowest BCUT2D eigenvalue weighted by molar-refractivity contribution is -0.130. The summed E-state index contributed by atoms with van der Waals surface area (Å²) in [6.45, 7) is 11.0. The fourth-order valence-corrected chi connectivity index (χ4v) is 5.47. The monoisotopic (exact) mass is 480 g/mol. The molecule has 2 saturated heterocycles. The standard InChI is InChI=1S/C26H33ClN6O/c1-19-24(18-30-12-14-32(15-13-30)20(2)34)26-28-10-9-25(33(26)29-19)22-4-3-11-31(17-22)16-21-5-7-23(27)8-6-21/h5-10,22H,3-4,11-18H2,1-2H3. The Labute approximate surface area is 206 Å². The maximum absolute atomic E-state index is 11.7. The lowest BCUT2D eigenvalue weighted by Crippen LogP contribution is -2.47. The summed E-state index contributed by atoms with van der Waals surface area (Å²) in [6.07, 6.45) is 4.29. The van der Waals surface area contributed by atoms with Crippen LogP contribution in [0.3, 0.4) is 0 Å². The Bertz CT molecular complexity index is 1150. The van der Waals surface area contributed by atoms with Gasteiger partial charge >= 0.3 is 0 Å². The number of rotatable bonds is 5. The molecule has 0 aliphatic carbocycles. The van der Waals surface area contributed by atoms with Crippen molar-refractivity contribution in [3.8, 4) is 0 Å². The van der Waals surface area contributed by atoms with Gasteiger partial charge in [0, 0.05) is 75.4 Å². The number of benzene rings is 1. The fourth-order valence-electron chi connectivity index (χ4n) is 5.34.